The summed E-state index contributed by atoms with van der Waals surface area (Å²) >= 11 is 0. The van der Waals surface area contributed by atoms with E-state index >= 15 is 0 Å². The molecule has 1 aliphatic heterocycles. The molecule has 0 bridgehead atoms. The topological polar surface area (TPSA) is 55.1 Å². The van der Waals surface area contributed by atoms with Crippen molar-refractivity contribution in [3.8, 4) is 11.5 Å². The number of hydrogen-bond donors (Lipinski definition) is 0. The third-order valence-electron chi connectivity index (χ3n) is 3.37. The van der Waals surface area contributed by atoms with Gasteiger partial charge < -0.3 is 9.32 Å². The van der Waals surface area contributed by atoms with E-state index in [1.54, 1.807) is 6.07 Å². The Balaban J connectivity index is 1.87. The zero-order chi connectivity index (χ0) is 14.2. The van der Waals surface area contributed by atoms with Gasteiger partial charge in [-0.05, 0) is 19.1 Å². The summed E-state index contributed by atoms with van der Waals surface area (Å²) in [6, 6.07) is 3.62. The Morgan fingerprint density at radius 3 is 2.65 bits per heavy atom. The van der Waals surface area contributed by atoms with Gasteiger partial charge in [0.1, 0.15) is 5.82 Å². The van der Waals surface area contributed by atoms with Crippen molar-refractivity contribution in [3.05, 3.63) is 24.2 Å². The van der Waals surface area contributed by atoms with E-state index in [1.165, 1.54) is 6.39 Å². The fourth-order valence-electron chi connectivity index (χ4n) is 2.30. The first kappa shape index (κ1) is 13.0. The SMILES string of the molecule is Cc1cc(-c2nnco2)cc(N2CCC(F)(F)CC2)n1. The summed E-state index contributed by atoms with van der Waals surface area (Å²) < 4.78 is 31.6. The Labute approximate surface area is 114 Å². The molecule has 2 aromatic heterocycles. The standard InChI is InChI=1S/C13H14F2N4O/c1-9-6-10(12-18-16-8-20-12)7-11(17-9)19-4-2-13(14,15)3-5-19/h6-8H,2-5H2,1H3. The monoisotopic (exact) mass is 280 g/mol. The van der Waals surface area contributed by atoms with Gasteiger partial charge in [-0.2, -0.15) is 0 Å². The Kier molecular flexibility index (Phi) is 3.11. The van der Waals surface area contributed by atoms with Crippen molar-refractivity contribution in [1.29, 1.82) is 0 Å². The highest BCUT2D eigenvalue weighted by Crippen LogP contribution is 2.31. The minimum atomic E-state index is -2.56. The smallest absolute Gasteiger partial charge is 0.251 e. The molecular weight excluding hydrogens is 266 g/mol. The van der Waals surface area contributed by atoms with E-state index in [9.17, 15) is 8.78 Å². The number of piperidine rings is 1. The van der Waals surface area contributed by atoms with Crippen LogP contribution in [-0.4, -0.2) is 34.2 Å². The maximum Gasteiger partial charge on any atom is 0.251 e. The first-order chi connectivity index (χ1) is 9.53. The zero-order valence-electron chi connectivity index (χ0n) is 11.0. The van der Waals surface area contributed by atoms with Crippen molar-refractivity contribution in [2.24, 2.45) is 0 Å². The van der Waals surface area contributed by atoms with Crippen molar-refractivity contribution in [2.75, 3.05) is 18.0 Å². The zero-order valence-corrected chi connectivity index (χ0v) is 11.0. The molecule has 0 unspecified atom stereocenters. The van der Waals surface area contributed by atoms with Gasteiger partial charge in [0.2, 0.25) is 12.3 Å². The van der Waals surface area contributed by atoms with Gasteiger partial charge >= 0.3 is 0 Å². The molecule has 1 fully saturated rings. The second-order valence-corrected chi connectivity index (χ2v) is 4.94. The second kappa shape index (κ2) is 4.81. The number of anilines is 1. The highest BCUT2D eigenvalue weighted by atomic mass is 19.3. The van der Waals surface area contributed by atoms with Crippen molar-refractivity contribution >= 4 is 5.82 Å². The molecule has 3 rings (SSSR count). The third kappa shape index (κ3) is 2.61. The molecule has 0 spiro atoms. The normalized spacial score (nSPS) is 18.2. The van der Waals surface area contributed by atoms with E-state index < -0.39 is 5.92 Å². The number of pyridine rings is 1. The van der Waals surface area contributed by atoms with Crippen molar-refractivity contribution in [2.45, 2.75) is 25.7 Å². The maximum absolute atomic E-state index is 13.2. The Morgan fingerprint density at radius 2 is 2.00 bits per heavy atom. The van der Waals surface area contributed by atoms with Crippen LogP contribution in [-0.2, 0) is 0 Å². The lowest BCUT2D eigenvalue weighted by molar-refractivity contribution is -0.0221. The van der Waals surface area contributed by atoms with E-state index in [-0.39, 0.29) is 12.8 Å². The van der Waals surface area contributed by atoms with E-state index in [2.05, 4.69) is 15.2 Å². The molecule has 1 aliphatic rings. The number of halogens is 2. The van der Waals surface area contributed by atoms with Crippen LogP contribution < -0.4 is 4.90 Å². The van der Waals surface area contributed by atoms with Crippen LogP contribution in [0.2, 0.25) is 0 Å². The highest BCUT2D eigenvalue weighted by molar-refractivity contribution is 5.59. The molecule has 20 heavy (non-hydrogen) atoms. The van der Waals surface area contributed by atoms with Crippen LogP contribution in [0.15, 0.2) is 22.9 Å². The molecule has 0 amide bonds. The Bertz CT molecular complexity index is 590. The van der Waals surface area contributed by atoms with E-state index in [0.29, 0.717) is 24.8 Å². The summed E-state index contributed by atoms with van der Waals surface area (Å²) in [5.41, 5.74) is 1.54. The molecule has 1 saturated heterocycles. The molecule has 0 radical (unpaired) electrons. The average Bonchev–Trinajstić information content (AvgIpc) is 2.91. The average molecular weight is 280 g/mol. The quantitative estimate of drug-likeness (QED) is 0.846. The summed E-state index contributed by atoms with van der Waals surface area (Å²) in [6.45, 7) is 2.45. The molecule has 7 heteroatoms. The minimum absolute atomic E-state index is 0.140. The van der Waals surface area contributed by atoms with Crippen LogP contribution >= 0.6 is 0 Å². The van der Waals surface area contributed by atoms with Crippen LogP contribution in [0.5, 0.6) is 0 Å². The molecule has 0 atom stereocenters. The van der Waals surface area contributed by atoms with Crippen LogP contribution in [0.1, 0.15) is 18.5 Å². The first-order valence-electron chi connectivity index (χ1n) is 6.41. The lowest BCUT2D eigenvalue weighted by atomic mass is 10.1. The number of aryl methyl sites for hydroxylation is 1. The van der Waals surface area contributed by atoms with Crippen LogP contribution in [0.25, 0.3) is 11.5 Å². The van der Waals surface area contributed by atoms with Crippen molar-refractivity contribution in [1.82, 2.24) is 15.2 Å². The number of aromatic nitrogens is 3. The van der Waals surface area contributed by atoms with Gasteiger partial charge in [0, 0.05) is 37.2 Å². The van der Waals surface area contributed by atoms with Crippen molar-refractivity contribution in [3.63, 3.8) is 0 Å². The fraction of sp³-hybridized carbons (Fsp3) is 0.462. The number of alkyl halides is 2. The maximum atomic E-state index is 13.2. The first-order valence-corrected chi connectivity index (χ1v) is 6.41. The molecule has 0 N–H and O–H groups in total. The lowest BCUT2D eigenvalue weighted by Crippen LogP contribution is -2.39. The fourth-order valence-corrected chi connectivity index (χ4v) is 2.30. The van der Waals surface area contributed by atoms with Crippen LogP contribution in [0.4, 0.5) is 14.6 Å². The summed E-state index contributed by atoms with van der Waals surface area (Å²) in [4.78, 5) is 6.27. The molecular formula is C13H14F2N4O. The Hall–Kier alpha value is -2.05. The molecule has 106 valence electrons. The molecule has 0 aliphatic carbocycles. The molecule has 2 aromatic rings. The molecule has 3 heterocycles. The van der Waals surface area contributed by atoms with E-state index in [4.69, 9.17) is 4.42 Å². The molecule has 5 nitrogen and oxygen atoms in total. The van der Waals surface area contributed by atoms with Gasteiger partial charge in [0.05, 0.1) is 0 Å². The third-order valence-corrected chi connectivity index (χ3v) is 3.37. The number of nitrogens with zero attached hydrogens (tertiary/aromatic N) is 4. The summed E-state index contributed by atoms with van der Waals surface area (Å²) in [5, 5.41) is 7.49. The van der Waals surface area contributed by atoms with Gasteiger partial charge in [0.15, 0.2) is 0 Å². The number of hydrogen-bond acceptors (Lipinski definition) is 5. The van der Waals surface area contributed by atoms with Crippen LogP contribution in [0, 0.1) is 6.92 Å². The summed E-state index contributed by atoms with van der Waals surface area (Å²) in [7, 11) is 0. The second-order valence-electron chi connectivity index (χ2n) is 4.94. The van der Waals surface area contributed by atoms with Gasteiger partial charge in [-0.25, -0.2) is 13.8 Å². The van der Waals surface area contributed by atoms with E-state index in [0.717, 1.165) is 11.3 Å². The molecule has 0 aromatic carbocycles. The lowest BCUT2D eigenvalue weighted by Gasteiger charge is -2.32. The van der Waals surface area contributed by atoms with Gasteiger partial charge in [-0.1, -0.05) is 0 Å². The number of rotatable bonds is 2. The van der Waals surface area contributed by atoms with Crippen LogP contribution in [0.3, 0.4) is 0 Å². The van der Waals surface area contributed by atoms with Gasteiger partial charge in [0.25, 0.3) is 5.92 Å². The van der Waals surface area contributed by atoms with Gasteiger partial charge in [-0.3, -0.25) is 0 Å². The Morgan fingerprint density at radius 1 is 1.25 bits per heavy atom. The van der Waals surface area contributed by atoms with Gasteiger partial charge in [-0.15, -0.1) is 10.2 Å². The van der Waals surface area contributed by atoms with Crippen molar-refractivity contribution < 1.29 is 13.2 Å². The predicted octanol–water partition coefficient (Wildman–Crippen LogP) is 2.68. The summed E-state index contributed by atoms with van der Waals surface area (Å²) in [5.74, 6) is -1.48. The minimum Gasteiger partial charge on any atom is -0.423 e. The predicted molar refractivity (Wildman–Crippen MR) is 68.7 cm³/mol. The molecule has 0 saturated carbocycles. The van der Waals surface area contributed by atoms with E-state index in [1.807, 2.05) is 17.9 Å². The largest absolute Gasteiger partial charge is 0.423 e. The summed E-state index contributed by atoms with van der Waals surface area (Å²) in [6.07, 6.45) is 0.975. The highest BCUT2D eigenvalue weighted by Gasteiger charge is 2.34.